The predicted molar refractivity (Wildman–Crippen MR) is 119 cm³/mol. The number of hydrogen-bond donors (Lipinski definition) is 0. The van der Waals surface area contributed by atoms with Crippen molar-refractivity contribution in [2.75, 3.05) is 6.54 Å². The molecule has 8 heteroatoms. The number of fused-ring (bicyclic) bond motifs is 1. The second kappa shape index (κ2) is 10.0. The van der Waals surface area contributed by atoms with Crippen molar-refractivity contribution in [3.63, 3.8) is 0 Å². The summed E-state index contributed by atoms with van der Waals surface area (Å²) in [5.74, 6) is -2.80. The number of esters is 2. The highest BCUT2D eigenvalue weighted by molar-refractivity contribution is 9.10. The van der Waals surface area contributed by atoms with Gasteiger partial charge in [0.15, 0.2) is 5.92 Å². The third-order valence-electron chi connectivity index (χ3n) is 4.54. The highest BCUT2D eigenvalue weighted by atomic mass is 79.9. The van der Waals surface area contributed by atoms with Crippen LogP contribution in [-0.4, -0.2) is 47.3 Å². The number of amides is 1. The standard InChI is InChI=1S/C23H32BrNO6/c1-13(2)29-20(26)18(21(27)30-14(3)4)19-17-12-16(24)9-8-15(17)10-11-25(19)22(28)31-23(5,6)7/h8-9,12-14,18-19H,10-11H2,1-7H3. The first-order valence-electron chi connectivity index (χ1n) is 10.5. The van der Waals surface area contributed by atoms with E-state index in [9.17, 15) is 14.4 Å². The molecule has 1 heterocycles. The summed E-state index contributed by atoms with van der Waals surface area (Å²) in [6.07, 6.45) is -0.878. The van der Waals surface area contributed by atoms with Gasteiger partial charge >= 0.3 is 18.0 Å². The summed E-state index contributed by atoms with van der Waals surface area (Å²) < 4.78 is 17.2. The highest BCUT2D eigenvalue weighted by Crippen LogP contribution is 2.39. The zero-order valence-corrected chi connectivity index (χ0v) is 20.8. The molecule has 1 aromatic rings. The molecule has 0 aromatic heterocycles. The zero-order chi connectivity index (χ0) is 23.5. The van der Waals surface area contributed by atoms with E-state index in [1.54, 1.807) is 48.5 Å². The summed E-state index contributed by atoms with van der Waals surface area (Å²) in [6.45, 7) is 12.4. The third kappa shape index (κ3) is 6.69. The SMILES string of the molecule is CC(C)OC(=O)C(C(=O)OC(C)C)C1c2cc(Br)ccc2CCN1C(=O)OC(C)(C)C. The summed E-state index contributed by atoms with van der Waals surface area (Å²) in [5.41, 5.74) is 0.913. The Morgan fingerprint density at radius 3 is 2.06 bits per heavy atom. The second-order valence-corrected chi connectivity index (χ2v) is 10.1. The molecule has 1 aliphatic heterocycles. The Bertz CT molecular complexity index is 808. The summed E-state index contributed by atoms with van der Waals surface area (Å²) in [5, 5.41) is 0. The van der Waals surface area contributed by atoms with Gasteiger partial charge in [-0.25, -0.2) is 4.79 Å². The van der Waals surface area contributed by atoms with Gasteiger partial charge in [0.25, 0.3) is 0 Å². The number of rotatable bonds is 5. The van der Waals surface area contributed by atoms with Crippen LogP contribution >= 0.6 is 15.9 Å². The molecule has 2 rings (SSSR count). The van der Waals surface area contributed by atoms with Crippen LogP contribution in [0.4, 0.5) is 4.79 Å². The van der Waals surface area contributed by atoms with Crippen molar-refractivity contribution in [1.82, 2.24) is 4.90 Å². The number of benzene rings is 1. The van der Waals surface area contributed by atoms with Crippen molar-refractivity contribution in [2.45, 2.75) is 78.7 Å². The summed E-state index contributed by atoms with van der Waals surface area (Å²) in [6, 6.07) is 4.74. The zero-order valence-electron chi connectivity index (χ0n) is 19.2. The van der Waals surface area contributed by atoms with Crippen molar-refractivity contribution in [3.8, 4) is 0 Å². The van der Waals surface area contributed by atoms with Crippen LogP contribution in [0.3, 0.4) is 0 Å². The largest absolute Gasteiger partial charge is 0.462 e. The van der Waals surface area contributed by atoms with Crippen LogP contribution in [0.25, 0.3) is 0 Å². The molecule has 0 saturated heterocycles. The quantitative estimate of drug-likeness (QED) is 0.330. The fourth-order valence-corrected chi connectivity index (χ4v) is 3.85. The lowest BCUT2D eigenvalue weighted by Gasteiger charge is -2.40. The minimum Gasteiger partial charge on any atom is -0.462 e. The van der Waals surface area contributed by atoms with Crippen molar-refractivity contribution in [2.24, 2.45) is 5.92 Å². The van der Waals surface area contributed by atoms with Gasteiger partial charge < -0.3 is 14.2 Å². The molecule has 1 amide bonds. The molecule has 0 aliphatic carbocycles. The first-order chi connectivity index (χ1) is 14.3. The molecule has 1 unspecified atom stereocenters. The van der Waals surface area contributed by atoms with Crippen LogP contribution in [-0.2, 0) is 30.2 Å². The van der Waals surface area contributed by atoms with Gasteiger partial charge in [0.1, 0.15) is 5.60 Å². The van der Waals surface area contributed by atoms with Crippen molar-refractivity contribution in [1.29, 1.82) is 0 Å². The number of ether oxygens (including phenoxy) is 3. The van der Waals surface area contributed by atoms with Crippen LogP contribution in [0, 0.1) is 5.92 Å². The first-order valence-corrected chi connectivity index (χ1v) is 11.3. The molecule has 1 aliphatic rings. The van der Waals surface area contributed by atoms with E-state index >= 15 is 0 Å². The van der Waals surface area contributed by atoms with Crippen LogP contribution in [0.2, 0.25) is 0 Å². The van der Waals surface area contributed by atoms with E-state index in [1.807, 2.05) is 18.2 Å². The lowest BCUT2D eigenvalue weighted by atomic mass is 9.84. The topological polar surface area (TPSA) is 82.1 Å². The number of nitrogens with zero attached hydrogens (tertiary/aromatic N) is 1. The Hall–Kier alpha value is -2.09. The van der Waals surface area contributed by atoms with E-state index in [0.29, 0.717) is 18.5 Å². The van der Waals surface area contributed by atoms with Gasteiger partial charge in [-0.15, -0.1) is 0 Å². The molecule has 31 heavy (non-hydrogen) atoms. The maximum atomic E-state index is 13.1. The average Bonchev–Trinajstić information content (AvgIpc) is 2.59. The Balaban J connectivity index is 2.61. The molecule has 0 N–H and O–H groups in total. The maximum absolute atomic E-state index is 13.1. The number of carbonyl (C=O) groups is 3. The van der Waals surface area contributed by atoms with Crippen LogP contribution in [0.1, 0.15) is 65.6 Å². The molecule has 0 saturated carbocycles. The van der Waals surface area contributed by atoms with E-state index in [2.05, 4.69) is 15.9 Å². The lowest BCUT2D eigenvalue weighted by molar-refractivity contribution is -0.170. The van der Waals surface area contributed by atoms with Gasteiger partial charge in [0.2, 0.25) is 0 Å². The van der Waals surface area contributed by atoms with E-state index in [0.717, 1.165) is 10.0 Å². The first kappa shape index (κ1) is 25.2. The van der Waals surface area contributed by atoms with E-state index < -0.39 is 47.8 Å². The van der Waals surface area contributed by atoms with Gasteiger partial charge in [-0.1, -0.05) is 22.0 Å². The molecule has 1 atom stereocenters. The summed E-state index contributed by atoms with van der Waals surface area (Å²) in [7, 11) is 0. The lowest BCUT2D eigenvalue weighted by Crippen LogP contribution is -2.50. The van der Waals surface area contributed by atoms with E-state index in [1.165, 1.54) is 4.90 Å². The number of hydrogen-bond acceptors (Lipinski definition) is 6. The molecule has 172 valence electrons. The summed E-state index contributed by atoms with van der Waals surface area (Å²) in [4.78, 5) is 40.8. The third-order valence-corrected chi connectivity index (χ3v) is 5.03. The van der Waals surface area contributed by atoms with Gasteiger partial charge in [0, 0.05) is 11.0 Å². The normalized spacial score (nSPS) is 16.4. The molecule has 1 aromatic carbocycles. The Morgan fingerprint density at radius 2 is 1.58 bits per heavy atom. The van der Waals surface area contributed by atoms with Crippen molar-refractivity contribution in [3.05, 3.63) is 33.8 Å². The smallest absolute Gasteiger partial charge is 0.410 e. The highest BCUT2D eigenvalue weighted by Gasteiger charge is 2.47. The van der Waals surface area contributed by atoms with Crippen LogP contribution < -0.4 is 0 Å². The van der Waals surface area contributed by atoms with E-state index in [4.69, 9.17) is 14.2 Å². The molecule has 0 bridgehead atoms. The molecular formula is C23H32BrNO6. The second-order valence-electron chi connectivity index (χ2n) is 9.16. The van der Waals surface area contributed by atoms with Gasteiger partial charge in [-0.05, 0) is 78.1 Å². The van der Waals surface area contributed by atoms with E-state index in [-0.39, 0.29) is 0 Å². The molecule has 0 fully saturated rings. The van der Waals surface area contributed by atoms with Crippen molar-refractivity contribution >= 4 is 34.0 Å². The number of halogens is 1. The molecule has 0 radical (unpaired) electrons. The minimum atomic E-state index is -1.34. The van der Waals surface area contributed by atoms with Crippen LogP contribution in [0.15, 0.2) is 22.7 Å². The molecule has 7 nitrogen and oxygen atoms in total. The van der Waals surface area contributed by atoms with Crippen LogP contribution in [0.5, 0.6) is 0 Å². The van der Waals surface area contributed by atoms with Gasteiger partial charge in [0.05, 0.1) is 18.2 Å². The van der Waals surface area contributed by atoms with Gasteiger partial charge in [-0.2, -0.15) is 0 Å². The average molecular weight is 498 g/mol. The number of carbonyl (C=O) groups excluding carboxylic acids is 3. The Kier molecular flexibility index (Phi) is 8.14. The fourth-order valence-electron chi connectivity index (χ4n) is 3.47. The molecular weight excluding hydrogens is 466 g/mol. The minimum absolute atomic E-state index is 0.300. The molecule has 0 spiro atoms. The van der Waals surface area contributed by atoms with Crippen molar-refractivity contribution < 1.29 is 28.6 Å². The fraction of sp³-hybridized carbons (Fsp3) is 0.609. The summed E-state index contributed by atoms with van der Waals surface area (Å²) >= 11 is 3.46. The van der Waals surface area contributed by atoms with Gasteiger partial charge in [-0.3, -0.25) is 14.5 Å². The Labute approximate surface area is 192 Å². The Morgan fingerprint density at radius 1 is 1.03 bits per heavy atom. The predicted octanol–water partition coefficient (Wildman–Crippen LogP) is 4.80. The maximum Gasteiger partial charge on any atom is 0.410 e. The monoisotopic (exact) mass is 497 g/mol.